The molecule has 0 aliphatic carbocycles. The van der Waals surface area contributed by atoms with Crippen molar-refractivity contribution in [3.8, 4) is 0 Å². The SMILES string of the molecule is O=C1Nc2cccnc2N(C(=O)NCCN2CCCC(CN3CCCCC3)C2)c2ccccc21. The van der Waals surface area contributed by atoms with Crippen molar-refractivity contribution in [2.24, 2.45) is 5.92 Å². The molecule has 2 aromatic rings. The van der Waals surface area contributed by atoms with Gasteiger partial charge in [0, 0.05) is 32.4 Å². The summed E-state index contributed by atoms with van der Waals surface area (Å²) in [6.07, 6.45) is 8.20. The maximum atomic E-state index is 13.4. The number of nitrogens with one attached hydrogen (secondary N) is 2. The van der Waals surface area contributed by atoms with Crippen LogP contribution >= 0.6 is 0 Å². The zero-order valence-corrected chi connectivity index (χ0v) is 19.7. The molecular weight excluding hydrogens is 428 g/mol. The number of fused-ring (bicyclic) bond motifs is 2. The molecule has 5 rings (SSSR count). The summed E-state index contributed by atoms with van der Waals surface area (Å²) in [7, 11) is 0. The monoisotopic (exact) mass is 462 g/mol. The first kappa shape index (κ1) is 22.8. The molecule has 4 heterocycles. The molecule has 2 N–H and O–H groups in total. The second-order valence-electron chi connectivity index (χ2n) is 9.58. The second kappa shape index (κ2) is 10.5. The molecule has 0 radical (unpaired) electrons. The molecular formula is C26H34N6O2. The maximum absolute atomic E-state index is 13.4. The van der Waals surface area contributed by atoms with Gasteiger partial charge in [-0.3, -0.25) is 4.79 Å². The standard InChI is InChI=1S/C26H34N6O2/c33-25-21-9-2-3-11-23(21)32(24-22(29-25)10-6-12-27-24)26(34)28-13-17-31-16-7-8-20(19-31)18-30-14-4-1-5-15-30/h2-3,6,9-12,20H,1,4-5,7-8,13-19H2,(H,28,34)(H,29,33). The van der Waals surface area contributed by atoms with Gasteiger partial charge in [0.2, 0.25) is 0 Å². The Morgan fingerprint density at radius 2 is 1.85 bits per heavy atom. The van der Waals surface area contributed by atoms with Crippen molar-refractivity contribution in [2.45, 2.75) is 32.1 Å². The van der Waals surface area contributed by atoms with Crippen LogP contribution in [0.4, 0.5) is 22.0 Å². The number of benzene rings is 1. The topological polar surface area (TPSA) is 80.8 Å². The fraction of sp³-hybridized carbons (Fsp3) is 0.500. The lowest BCUT2D eigenvalue weighted by Crippen LogP contribution is -2.46. The Morgan fingerprint density at radius 1 is 1.03 bits per heavy atom. The van der Waals surface area contributed by atoms with Crippen LogP contribution in [0.3, 0.4) is 0 Å². The van der Waals surface area contributed by atoms with Gasteiger partial charge in [0.15, 0.2) is 5.82 Å². The number of nitrogens with zero attached hydrogens (tertiary/aromatic N) is 4. The van der Waals surface area contributed by atoms with Gasteiger partial charge in [-0.1, -0.05) is 18.6 Å². The Kier molecular flexibility index (Phi) is 7.06. The number of aromatic nitrogens is 1. The largest absolute Gasteiger partial charge is 0.336 e. The number of hydrogen-bond acceptors (Lipinski definition) is 5. The summed E-state index contributed by atoms with van der Waals surface area (Å²) in [6.45, 7) is 7.26. The summed E-state index contributed by atoms with van der Waals surface area (Å²) in [5.41, 5.74) is 1.51. The van der Waals surface area contributed by atoms with Crippen molar-refractivity contribution >= 4 is 29.1 Å². The molecule has 1 aromatic heterocycles. The third kappa shape index (κ3) is 5.08. The van der Waals surface area contributed by atoms with E-state index in [0.29, 0.717) is 35.2 Å². The fourth-order valence-corrected chi connectivity index (χ4v) is 5.45. The first-order valence-electron chi connectivity index (χ1n) is 12.6. The molecule has 3 aliphatic rings. The summed E-state index contributed by atoms with van der Waals surface area (Å²) in [6, 6.07) is 10.4. The van der Waals surface area contributed by atoms with Crippen molar-refractivity contribution in [1.82, 2.24) is 20.1 Å². The van der Waals surface area contributed by atoms with E-state index in [0.717, 1.165) is 19.6 Å². The minimum atomic E-state index is -0.272. The molecule has 0 saturated carbocycles. The number of amides is 3. The number of carbonyl (C=O) groups excluding carboxylic acids is 2. The Morgan fingerprint density at radius 3 is 2.74 bits per heavy atom. The van der Waals surface area contributed by atoms with Crippen LogP contribution in [-0.2, 0) is 0 Å². The van der Waals surface area contributed by atoms with E-state index in [1.54, 1.807) is 36.5 Å². The van der Waals surface area contributed by atoms with E-state index in [-0.39, 0.29) is 11.9 Å². The highest BCUT2D eigenvalue weighted by Gasteiger charge is 2.30. The Labute approximate surface area is 201 Å². The predicted octanol–water partition coefficient (Wildman–Crippen LogP) is 3.69. The minimum absolute atomic E-state index is 0.242. The van der Waals surface area contributed by atoms with Crippen molar-refractivity contribution in [1.29, 1.82) is 0 Å². The Bertz CT molecular complexity index is 1020. The number of carbonyl (C=O) groups is 2. The van der Waals surface area contributed by atoms with Crippen LogP contribution in [0.2, 0.25) is 0 Å². The maximum Gasteiger partial charge on any atom is 0.327 e. The van der Waals surface area contributed by atoms with Gasteiger partial charge in [0.1, 0.15) is 0 Å². The van der Waals surface area contributed by atoms with Gasteiger partial charge >= 0.3 is 6.03 Å². The van der Waals surface area contributed by atoms with Crippen molar-refractivity contribution in [3.63, 3.8) is 0 Å². The molecule has 1 atom stereocenters. The highest BCUT2D eigenvalue weighted by molar-refractivity contribution is 6.16. The third-order valence-corrected chi connectivity index (χ3v) is 7.11. The Hall–Kier alpha value is -2.97. The predicted molar refractivity (Wildman–Crippen MR) is 134 cm³/mol. The number of rotatable bonds is 5. The zero-order valence-electron chi connectivity index (χ0n) is 19.7. The normalized spacial score (nSPS) is 21.2. The molecule has 3 amide bonds. The number of likely N-dealkylation sites (tertiary alicyclic amines) is 2. The second-order valence-corrected chi connectivity index (χ2v) is 9.58. The Balaban J connectivity index is 1.22. The lowest BCUT2D eigenvalue weighted by Gasteiger charge is -2.37. The lowest BCUT2D eigenvalue weighted by atomic mass is 9.96. The average molecular weight is 463 g/mol. The lowest BCUT2D eigenvalue weighted by molar-refractivity contribution is 0.102. The summed E-state index contributed by atoms with van der Waals surface area (Å²) in [5.74, 6) is 0.902. The number of pyridine rings is 1. The van der Waals surface area contributed by atoms with E-state index >= 15 is 0 Å². The molecule has 180 valence electrons. The van der Waals surface area contributed by atoms with Gasteiger partial charge in [-0.15, -0.1) is 0 Å². The van der Waals surface area contributed by atoms with Crippen LogP contribution in [0, 0.1) is 5.92 Å². The molecule has 8 nitrogen and oxygen atoms in total. The minimum Gasteiger partial charge on any atom is -0.336 e. The average Bonchev–Trinajstić information content (AvgIpc) is 2.99. The summed E-state index contributed by atoms with van der Waals surface area (Å²) >= 11 is 0. The number of anilines is 3. The van der Waals surface area contributed by atoms with Crippen molar-refractivity contribution in [3.05, 3.63) is 48.2 Å². The third-order valence-electron chi connectivity index (χ3n) is 7.11. The molecule has 0 spiro atoms. The van der Waals surface area contributed by atoms with Crippen LogP contribution in [-0.4, -0.2) is 72.5 Å². The quantitative estimate of drug-likeness (QED) is 0.708. The van der Waals surface area contributed by atoms with Crippen molar-refractivity contribution in [2.75, 3.05) is 56.0 Å². The smallest absolute Gasteiger partial charge is 0.327 e. The van der Waals surface area contributed by atoms with E-state index in [2.05, 4.69) is 25.4 Å². The van der Waals surface area contributed by atoms with Crippen LogP contribution < -0.4 is 15.5 Å². The molecule has 2 saturated heterocycles. The first-order valence-corrected chi connectivity index (χ1v) is 12.6. The molecule has 34 heavy (non-hydrogen) atoms. The summed E-state index contributed by atoms with van der Waals surface area (Å²) in [4.78, 5) is 37.1. The van der Waals surface area contributed by atoms with Gasteiger partial charge < -0.3 is 20.4 Å². The number of hydrogen-bond donors (Lipinski definition) is 2. The number of urea groups is 1. The van der Waals surface area contributed by atoms with E-state index in [1.807, 2.05) is 6.07 Å². The van der Waals surface area contributed by atoms with Gasteiger partial charge in [-0.25, -0.2) is 14.7 Å². The van der Waals surface area contributed by atoms with Gasteiger partial charge in [-0.2, -0.15) is 0 Å². The summed E-state index contributed by atoms with van der Waals surface area (Å²) in [5, 5.41) is 5.95. The van der Waals surface area contributed by atoms with Gasteiger partial charge in [-0.05, 0) is 75.5 Å². The van der Waals surface area contributed by atoms with E-state index < -0.39 is 0 Å². The molecule has 1 aromatic carbocycles. The van der Waals surface area contributed by atoms with Crippen LogP contribution in [0.5, 0.6) is 0 Å². The van der Waals surface area contributed by atoms with E-state index in [9.17, 15) is 9.59 Å². The van der Waals surface area contributed by atoms with E-state index in [4.69, 9.17) is 0 Å². The zero-order chi connectivity index (χ0) is 23.3. The molecule has 2 fully saturated rings. The first-order chi connectivity index (χ1) is 16.7. The van der Waals surface area contributed by atoms with Gasteiger partial charge in [0.05, 0.1) is 16.9 Å². The van der Waals surface area contributed by atoms with Gasteiger partial charge in [0.25, 0.3) is 5.91 Å². The number of piperidine rings is 2. The van der Waals surface area contributed by atoms with Crippen LogP contribution in [0.1, 0.15) is 42.5 Å². The summed E-state index contributed by atoms with van der Waals surface area (Å²) < 4.78 is 0. The molecule has 0 bridgehead atoms. The number of para-hydroxylation sites is 1. The van der Waals surface area contributed by atoms with Crippen LogP contribution in [0.15, 0.2) is 42.6 Å². The molecule has 3 aliphatic heterocycles. The van der Waals surface area contributed by atoms with Crippen molar-refractivity contribution < 1.29 is 9.59 Å². The highest BCUT2D eigenvalue weighted by atomic mass is 16.2. The molecule has 8 heteroatoms. The molecule has 1 unspecified atom stereocenters. The highest BCUT2D eigenvalue weighted by Crippen LogP contribution is 2.36. The fourth-order valence-electron chi connectivity index (χ4n) is 5.45. The van der Waals surface area contributed by atoms with E-state index in [1.165, 1.54) is 56.6 Å². The van der Waals surface area contributed by atoms with Crippen LogP contribution in [0.25, 0.3) is 0 Å².